The lowest BCUT2D eigenvalue weighted by Gasteiger charge is -2.42. The minimum atomic E-state index is -0.371. The number of hydrogen-bond donors (Lipinski definition) is 1. The van der Waals surface area contributed by atoms with Gasteiger partial charge in [-0.2, -0.15) is 0 Å². The molecule has 1 aliphatic carbocycles. The smallest absolute Gasteiger partial charge is 0.236 e. The van der Waals surface area contributed by atoms with Crippen LogP contribution in [0.15, 0.2) is 0 Å². The Morgan fingerprint density at radius 2 is 1.63 bits per heavy atom. The quantitative estimate of drug-likeness (QED) is 0.809. The van der Waals surface area contributed by atoms with E-state index >= 15 is 0 Å². The van der Waals surface area contributed by atoms with Crippen molar-refractivity contribution >= 4 is 11.8 Å². The zero-order chi connectivity index (χ0) is 19.6. The Kier molecular flexibility index (Phi) is 6.46. The van der Waals surface area contributed by atoms with E-state index in [1.165, 1.54) is 6.42 Å². The van der Waals surface area contributed by atoms with Crippen molar-refractivity contribution in [3.8, 4) is 0 Å². The number of carbonyl (C=O) groups excluding carboxylic acids is 2. The molecule has 2 aliphatic heterocycles. The standard InChI is InChI=1S/C21H38N4O2/c1-16-12-17(2)14-25(13-16)19(26)15-23-8-10-24(11-9-23)20(27)18-6-4-5-7-21(18,3)22/h16-18H,4-15,22H2,1-3H3. The van der Waals surface area contributed by atoms with Gasteiger partial charge in [0.25, 0.3) is 0 Å². The van der Waals surface area contributed by atoms with Gasteiger partial charge in [0.15, 0.2) is 0 Å². The fourth-order valence-corrected chi connectivity index (χ4v) is 5.27. The first-order valence-corrected chi connectivity index (χ1v) is 10.8. The van der Waals surface area contributed by atoms with Crippen molar-refractivity contribution < 1.29 is 9.59 Å². The highest BCUT2D eigenvalue weighted by molar-refractivity contribution is 5.81. The summed E-state index contributed by atoms with van der Waals surface area (Å²) in [5, 5.41) is 0. The molecule has 3 rings (SSSR count). The SMILES string of the molecule is CC1CC(C)CN(C(=O)CN2CCN(C(=O)C3CCCCC3(C)N)CC2)C1. The van der Waals surface area contributed by atoms with Gasteiger partial charge in [-0.3, -0.25) is 14.5 Å². The number of likely N-dealkylation sites (tertiary alicyclic amines) is 1. The van der Waals surface area contributed by atoms with E-state index < -0.39 is 0 Å². The number of nitrogens with zero attached hydrogens (tertiary/aromatic N) is 3. The maximum Gasteiger partial charge on any atom is 0.236 e. The molecular weight excluding hydrogens is 340 g/mol. The fraction of sp³-hybridized carbons (Fsp3) is 0.905. The molecule has 1 saturated carbocycles. The van der Waals surface area contributed by atoms with Gasteiger partial charge in [0, 0.05) is 44.8 Å². The lowest BCUT2D eigenvalue weighted by Crippen LogP contribution is -2.58. The molecule has 2 heterocycles. The van der Waals surface area contributed by atoms with Crippen LogP contribution in [0, 0.1) is 17.8 Å². The predicted molar refractivity (Wildman–Crippen MR) is 107 cm³/mol. The summed E-state index contributed by atoms with van der Waals surface area (Å²) in [6.45, 7) is 11.7. The van der Waals surface area contributed by atoms with Crippen LogP contribution in [0.25, 0.3) is 0 Å². The first-order valence-electron chi connectivity index (χ1n) is 10.8. The summed E-state index contributed by atoms with van der Waals surface area (Å²) in [5.74, 6) is 1.61. The van der Waals surface area contributed by atoms with Crippen LogP contribution in [-0.2, 0) is 9.59 Å². The zero-order valence-electron chi connectivity index (χ0n) is 17.5. The minimum absolute atomic E-state index is 0.0456. The molecule has 2 N–H and O–H groups in total. The highest BCUT2D eigenvalue weighted by atomic mass is 16.2. The van der Waals surface area contributed by atoms with E-state index in [0.717, 1.165) is 51.9 Å². The van der Waals surface area contributed by atoms with Crippen molar-refractivity contribution in [1.82, 2.24) is 14.7 Å². The van der Waals surface area contributed by atoms with Crippen LogP contribution in [0.3, 0.4) is 0 Å². The van der Waals surface area contributed by atoms with Gasteiger partial charge in [0.05, 0.1) is 12.5 Å². The first kappa shape index (κ1) is 20.6. The summed E-state index contributed by atoms with van der Waals surface area (Å²) in [5.41, 5.74) is 6.05. The van der Waals surface area contributed by atoms with Gasteiger partial charge in [-0.1, -0.05) is 26.7 Å². The van der Waals surface area contributed by atoms with E-state index in [-0.39, 0.29) is 23.3 Å². The first-order chi connectivity index (χ1) is 12.8. The normalized spacial score (nSPS) is 35.9. The minimum Gasteiger partial charge on any atom is -0.341 e. The molecule has 6 heteroatoms. The highest BCUT2D eigenvalue weighted by Gasteiger charge is 2.40. The average molecular weight is 379 g/mol. The van der Waals surface area contributed by atoms with E-state index in [9.17, 15) is 9.59 Å². The third-order valence-electron chi connectivity index (χ3n) is 6.82. The molecule has 0 aromatic heterocycles. The summed E-state index contributed by atoms with van der Waals surface area (Å²) in [6.07, 6.45) is 5.29. The van der Waals surface area contributed by atoms with Crippen molar-refractivity contribution in [2.45, 2.75) is 58.4 Å². The number of carbonyl (C=O) groups is 2. The number of piperazine rings is 1. The molecule has 6 nitrogen and oxygen atoms in total. The molecule has 3 fully saturated rings. The fourth-order valence-electron chi connectivity index (χ4n) is 5.27. The van der Waals surface area contributed by atoms with E-state index in [4.69, 9.17) is 5.73 Å². The Labute approximate surface area is 164 Å². The number of nitrogens with two attached hydrogens (primary N) is 1. The maximum absolute atomic E-state index is 13.0. The van der Waals surface area contributed by atoms with E-state index in [0.29, 0.717) is 31.5 Å². The predicted octanol–water partition coefficient (Wildman–Crippen LogP) is 1.54. The number of amides is 2. The van der Waals surface area contributed by atoms with E-state index in [1.54, 1.807) is 0 Å². The van der Waals surface area contributed by atoms with Gasteiger partial charge in [-0.15, -0.1) is 0 Å². The van der Waals surface area contributed by atoms with Crippen molar-refractivity contribution in [3.63, 3.8) is 0 Å². The van der Waals surface area contributed by atoms with Gasteiger partial charge in [0.1, 0.15) is 0 Å². The van der Waals surface area contributed by atoms with Crippen LogP contribution >= 0.6 is 0 Å². The third kappa shape index (κ3) is 5.02. The number of rotatable bonds is 3. The molecule has 2 saturated heterocycles. The lowest BCUT2D eigenvalue weighted by molar-refractivity contribution is -0.141. The van der Waals surface area contributed by atoms with Gasteiger partial charge in [0.2, 0.25) is 11.8 Å². The molecule has 0 aromatic rings. The van der Waals surface area contributed by atoms with Crippen LogP contribution in [0.2, 0.25) is 0 Å². The molecule has 154 valence electrons. The topological polar surface area (TPSA) is 69.9 Å². The van der Waals surface area contributed by atoms with E-state index in [2.05, 4.69) is 18.7 Å². The maximum atomic E-state index is 13.0. The summed E-state index contributed by atoms with van der Waals surface area (Å²) in [6, 6.07) is 0. The Balaban J connectivity index is 1.47. The van der Waals surface area contributed by atoms with Crippen LogP contribution in [0.5, 0.6) is 0 Å². The zero-order valence-corrected chi connectivity index (χ0v) is 17.5. The summed E-state index contributed by atoms with van der Waals surface area (Å²) >= 11 is 0. The molecule has 0 aromatic carbocycles. The molecule has 4 atom stereocenters. The summed E-state index contributed by atoms with van der Waals surface area (Å²) in [4.78, 5) is 31.9. The van der Waals surface area contributed by atoms with Gasteiger partial charge >= 0.3 is 0 Å². The molecule has 2 amide bonds. The monoisotopic (exact) mass is 378 g/mol. The molecule has 0 spiro atoms. The number of piperidine rings is 1. The summed E-state index contributed by atoms with van der Waals surface area (Å²) in [7, 11) is 0. The van der Waals surface area contributed by atoms with Gasteiger partial charge in [-0.25, -0.2) is 0 Å². The Bertz CT molecular complexity index is 532. The van der Waals surface area contributed by atoms with Crippen LogP contribution in [0.1, 0.15) is 52.9 Å². The molecule has 0 radical (unpaired) electrons. The van der Waals surface area contributed by atoms with Crippen molar-refractivity contribution in [2.24, 2.45) is 23.5 Å². The Morgan fingerprint density at radius 3 is 2.22 bits per heavy atom. The van der Waals surface area contributed by atoms with Gasteiger partial charge in [-0.05, 0) is 38.0 Å². The van der Waals surface area contributed by atoms with E-state index in [1.807, 2.05) is 16.7 Å². The molecule has 3 aliphatic rings. The Hall–Kier alpha value is -1.14. The second-order valence-electron chi connectivity index (χ2n) is 9.65. The molecule has 0 bridgehead atoms. The average Bonchev–Trinajstić information content (AvgIpc) is 2.60. The van der Waals surface area contributed by atoms with Crippen molar-refractivity contribution in [1.29, 1.82) is 0 Å². The largest absolute Gasteiger partial charge is 0.341 e. The molecule has 27 heavy (non-hydrogen) atoms. The van der Waals surface area contributed by atoms with Crippen LogP contribution < -0.4 is 5.73 Å². The summed E-state index contributed by atoms with van der Waals surface area (Å²) < 4.78 is 0. The lowest BCUT2D eigenvalue weighted by atomic mass is 9.74. The second kappa shape index (κ2) is 8.48. The van der Waals surface area contributed by atoms with Crippen molar-refractivity contribution in [2.75, 3.05) is 45.8 Å². The second-order valence-corrected chi connectivity index (χ2v) is 9.65. The van der Waals surface area contributed by atoms with Crippen LogP contribution in [-0.4, -0.2) is 77.9 Å². The highest BCUT2D eigenvalue weighted by Crippen LogP contribution is 2.33. The number of hydrogen-bond acceptors (Lipinski definition) is 4. The van der Waals surface area contributed by atoms with Crippen LogP contribution in [0.4, 0.5) is 0 Å². The molecule has 4 unspecified atom stereocenters. The molecular formula is C21H38N4O2. The third-order valence-corrected chi connectivity index (χ3v) is 6.82. The van der Waals surface area contributed by atoms with Gasteiger partial charge < -0.3 is 15.5 Å². The van der Waals surface area contributed by atoms with Crippen molar-refractivity contribution in [3.05, 3.63) is 0 Å². The Morgan fingerprint density at radius 1 is 1.00 bits per heavy atom.